The lowest BCUT2D eigenvalue weighted by Gasteiger charge is -2.06. The monoisotopic (exact) mass is 268 g/mol. The van der Waals surface area contributed by atoms with Gasteiger partial charge < -0.3 is 5.32 Å². The highest BCUT2D eigenvalue weighted by Gasteiger charge is 2.02. The van der Waals surface area contributed by atoms with E-state index >= 15 is 0 Å². The molecule has 1 N–H and O–H groups in total. The van der Waals surface area contributed by atoms with Gasteiger partial charge in [-0.2, -0.15) is 4.80 Å². The van der Waals surface area contributed by atoms with Gasteiger partial charge in [0.2, 0.25) is 0 Å². The predicted molar refractivity (Wildman–Crippen MR) is 76.0 cm³/mol. The first-order valence-electron chi connectivity index (χ1n) is 6.59. The van der Waals surface area contributed by atoms with Crippen molar-refractivity contribution in [3.8, 4) is 0 Å². The third-order valence-corrected chi connectivity index (χ3v) is 3.12. The summed E-state index contributed by atoms with van der Waals surface area (Å²) in [6.07, 6.45) is 2.76. The van der Waals surface area contributed by atoms with Gasteiger partial charge in [-0.15, -0.1) is 10.2 Å². The van der Waals surface area contributed by atoms with Crippen molar-refractivity contribution < 1.29 is 0 Å². The fourth-order valence-electron chi connectivity index (χ4n) is 2.19. The maximum absolute atomic E-state index is 4.46. The van der Waals surface area contributed by atoms with Crippen molar-refractivity contribution in [2.75, 3.05) is 6.54 Å². The maximum Gasteiger partial charge on any atom is 0.188 e. The molecule has 0 amide bonds. The smallest absolute Gasteiger partial charge is 0.188 e. The first-order chi connectivity index (χ1) is 9.83. The fraction of sp³-hybridized carbons (Fsp3) is 0.286. The van der Waals surface area contributed by atoms with Crippen LogP contribution in [0.1, 0.15) is 11.4 Å². The molecule has 0 unspecified atom stereocenters. The first-order valence-corrected chi connectivity index (χ1v) is 6.59. The second-order valence-electron chi connectivity index (χ2n) is 4.61. The van der Waals surface area contributed by atoms with Gasteiger partial charge in [0, 0.05) is 11.6 Å². The van der Waals surface area contributed by atoms with E-state index in [4.69, 9.17) is 0 Å². The number of hydrogen-bond donors (Lipinski definition) is 1. The van der Waals surface area contributed by atoms with Crippen LogP contribution in [0.4, 0.5) is 0 Å². The van der Waals surface area contributed by atoms with Crippen LogP contribution in [0.25, 0.3) is 10.9 Å². The Balaban J connectivity index is 1.60. The summed E-state index contributed by atoms with van der Waals surface area (Å²) >= 11 is 0. The van der Waals surface area contributed by atoms with Gasteiger partial charge in [-0.1, -0.05) is 24.3 Å². The number of nitrogens with one attached hydrogen (secondary N) is 1. The van der Waals surface area contributed by atoms with Gasteiger partial charge in [0.05, 0.1) is 19.1 Å². The highest BCUT2D eigenvalue weighted by molar-refractivity contribution is 5.81. The lowest BCUT2D eigenvalue weighted by molar-refractivity contribution is 0.619. The molecule has 0 radical (unpaired) electrons. The molecular weight excluding hydrogens is 252 g/mol. The number of nitrogens with zero attached hydrogens (tertiary/aromatic N) is 5. The van der Waals surface area contributed by atoms with Crippen molar-refractivity contribution in [1.29, 1.82) is 0 Å². The van der Waals surface area contributed by atoms with Gasteiger partial charge in [-0.25, -0.2) is 0 Å². The van der Waals surface area contributed by atoms with Gasteiger partial charge >= 0.3 is 0 Å². The summed E-state index contributed by atoms with van der Waals surface area (Å²) in [5.41, 5.74) is 2.33. The topological polar surface area (TPSA) is 68.5 Å². The van der Waals surface area contributed by atoms with Crippen LogP contribution < -0.4 is 5.32 Å². The van der Waals surface area contributed by atoms with Gasteiger partial charge in [-0.3, -0.25) is 4.98 Å². The lowest BCUT2D eigenvalue weighted by atomic mass is 10.1. The second-order valence-corrected chi connectivity index (χ2v) is 4.61. The summed E-state index contributed by atoms with van der Waals surface area (Å²) in [5.74, 6) is 0.712. The Morgan fingerprint density at radius 2 is 2.10 bits per heavy atom. The molecular formula is C14H16N6. The molecule has 2 aromatic heterocycles. The number of aryl methyl sites for hydroxylation is 1. The van der Waals surface area contributed by atoms with Gasteiger partial charge in [-0.05, 0) is 29.8 Å². The SMILES string of the molecule is Cn1nnc(CNCCc2cccc3cccnc23)n1. The van der Waals surface area contributed by atoms with Crippen LogP contribution in [0.2, 0.25) is 0 Å². The summed E-state index contributed by atoms with van der Waals surface area (Å²) < 4.78 is 0. The molecule has 1 aromatic carbocycles. The molecule has 0 aliphatic rings. The van der Waals surface area contributed by atoms with Crippen LogP contribution in [0, 0.1) is 0 Å². The zero-order valence-corrected chi connectivity index (χ0v) is 11.3. The normalized spacial score (nSPS) is 11.1. The average Bonchev–Trinajstić information content (AvgIpc) is 2.89. The minimum absolute atomic E-state index is 0.631. The van der Waals surface area contributed by atoms with E-state index in [2.05, 4.69) is 50.0 Å². The van der Waals surface area contributed by atoms with E-state index in [9.17, 15) is 0 Å². The van der Waals surface area contributed by atoms with Gasteiger partial charge in [0.25, 0.3) is 0 Å². The molecule has 20 heavy (non-hydrogen) atoms. The second kappa shape index (κ2) is 5.75. The molecule has 0 spiro atoms. The minimum atomic E-state index is 0.631. The fourth-order valence-corrected chi connectivity index (χ4v) is 2.19. The van der Waals surface area contributed by atoms with E-state index in [-0.39, 0.29) is 0 Å². The van der Waals surface area contributed by atoms with Crippen molar-refractivity contribution in [1.82, 2.24) is 30.5 Å². The average molecular weight is 268 g/mol. The van der Waals surface area contributed by atoms with Crippen molar-refractivity contribution in [3.63, 3.8) is 0 Å². The van der Waals surface area contributed by atoms with E-state index < -0.39 is 0 Å². The molecule has 6 heteroatoms. The van der Waals surface area contributed by atoms with E-state index in [1.807, 2.05) is 12.3 Å². The van der Waals surface area contributed by atoms with Crippen molar-refractivity contribution in [3.05, 3.63) is 47.9 Å². The van der Waals surface area contributed by atoms with E-state index in [1.165, 1.54) is 15.7 Å². The number of benzene rings is 1. The third kappa shape index (κ3) is 2.80. The van der Waals surface area contributed by atoms with Crippen LogP contribution in [-0.2, 0) is 20.0 Å². The minimum Gasteiger partial charge on any atom is -0.309 e. The molecule has 102 valence electrons. The summed E-state index contributed by atoms with van der Waals surface area (Å²) in [7, 11) is 1.76. The maximum atomic E-state index is 4.46. The lowest BCUT2D eigenvalue weighted by Crippen LogP contribution is -2.18. The molecule has 0 saturated heterocycles. The summed E-state index contributed by atoms with van der Waals surface area (Å²) in [6.45, 7) is 1.49. The number of para-hydroxylation sites is 1. The molecule has 0 aliphatic carbocycles. The quantitative estimate of drug-likeness (QED) is 0.702. The Kier molecular flexibility index (Phi) is 3.64. The molecule has 0 atom stereocenters. The van der Waals surface area contributed by atoms with Gasteiger partial charge in [0.15, 0.2) is 5.82 Å². The Labute approximate surface area is 116 Å². The molecule has 3 rings (SSSR count). The highest BCUT2D eigenvalue weighted by atomic mass is 15.6. The highest BCUT2D eigenvalue weighted by Crippen LogP contribution is 2.15. The largest absolute Gasteiger partial charge is 0.309 e. The number of tetrazole rings is 1. The molecule has 3 aromatic rings. The molecule has 0 bridgehead atoms. The molecule has 0 fully saturated rings. The van der Waals surface area contributed by atoms with Crippen LogP contribution >= 0.6 is 0 Å². The van der Waals surface area contributed by atoms with Crippen molar-refractivity contribution in [2.24, 2.45) is 7.05 Å². The Hall–Kier alpha value is -2.34. The number of hydrogen-bond acceptors (Lipinski definition) is 5. The van der Waals surface area contributed by atoms with Crippen LogP contribution in [0.5, 0.6) is 0 Å². The van der Waals surface area contributed by atoms with Crippen LogP contribution in [0.15, 0.2) is 36.5 Å². The summed E-state index contributed by atoms with van der Waals surface area (Å²) in [6, 6.07) is 10.3. The standard InChI is InChI=1S/C14H16N6/c1-20-18-13(17-19-20)10-15-9-7-12-5-2-4-11-6-3-8-16-14(11)12/h2-6,8,15H,7,9-10H2,1H3. The molecule has 6 nitrogen and oxygen atoms in total. The summed E-state index contributed by atoms with van der Waals surface area (Å²) in [5, 5.41) is 16.4. The van der Waals surface area contributed by atoms with Crippen LogP contribution in [0.3, 0.4) is 0 Å². The van der Waals surface area contributed by atoms with E-state index in [0.29, 0.717) is 12.4 Å². The zero-order valence-electron chi connectivity index (χ0n) is 11.3. The number of aromatic nitrogens is 5. The third-order valence-electron chi connectivity index (χ3n) is 3.12. The molecule has 0 aliphatic heterocycles. The van der Waals surface area contributed by atoms with Crippen molar-refractivity contribution in [2.45, 2.75) is 13.0 Å². The molecule has 2 heterocycles. The zero-order chi connectivity index (χ0) is 13.8. The van der Waals surface area contributed by atoms with E-state index in [0.717, 1.165) is 18.5 Å². The predicted octanol–water partition coefficient (Wildman–Crippen LogP) is 1.09. The van der Waals surface area contributed by atoms with Crippen molar-refractivity contribution >= 4 is 10.9 Å². The van der Waals surface area contributed by atoms with Gasteiger partial charge in [0.1, 0.15) is 0 Å². The first kappa shape index (κ1) is 12.7. The number of rotatable bonds is 5. The Bertz CT molecular complexity index is 700. The summed E-state index contributed by atoms with van der Waals surface area (Å²) in [4.78, 5) is 5.92. The number of pyridine rings is 1. The Morgan fingerprint density at radius 3 is 2.95 bits per heavy atom. The molecule has 0 saturated carbocycles. The Morgan fingerprint density at radius 1 is 1.20 bits per heavy atom. The van der Waals surface area contributed by atoms with Crippen LogP contribution in [-0.4, -0.2) is 31.7 Å². The van der Waals surface area contributed by atoms with E-state index in [1.54, 1.807) is 7.05 Å². The number of fused-ring (bicyclic) bond motifs is 1.